The molecule has 0 spiro atoms. The smallest absolute Gasteiger partial charge is 0.275 e. The summed E-state index contributed by atoms with van der Waals surface area (Å²) in [7, 11) is 3.14. The molecular formula is C18H21N7O3S. The van der Waals surface area contributed by atoms with Crippen LogP contribution in [-0.2, 0) is 0 Å². The van der Waals surface area contributed by atoms with E-state index >= 15 is 0 Å². The first-order chi connectivity index (χ1) is 14.0. The van der Waals surface area contributed by atoms with Crippen LogP contribution >= 0.6 is 11.5 Å². The van der Waals surface area contributed by atoms with Crippen molar-refractivity contribution in [2.24, 2.45) is 0 Å². The van der Waals surface area contributed by atoms with Crippen LogP contribution in [0.15, 0.2) is 12.1 Å². The molecule has 1 aliphatic rings. The van der Waals surface area contributed by atoms with Crippen LogP contribution in [-0.4, -0.2) is 70.8 Å². The van der Waals surface area contributed by atoms with Gasteiger partial charge in [0, 0.05) is 37.6 Å². The molecule has 29 heavy (non-hydrogen) atoms. The quantitative estimate of drug-likeness (QED) is 0.673. The van der Waals surface area contributed by atoms with E-state index in [-0.39, 0.29) is 5.91 Å². The number of nitrogens with zero attached hydrogens (tertiary/aromatic N) is 6. The molecule has 1 fully saturated rings. The molecule has 1 amide bonds. The summed E-state index contributed by atoms with van der Waals surface area (Å²) in [6.45, 7) is 4.14. The second kappa shape index (κ2) is 7.66. The molecule has 4 rings (SSSR count). The normalized spacial score (nSPS) is 14.3. The van der Waals surface area contributed by atoms with Crippen molar-refractivity contribution < 1.29 is 14.3 Å². The Morgan fingerprint density at radius 2 is 1.79 bits per heavy atom. The number of aryl methyl sites for hydroxylation is 1. The highest BCUT2D eigenvalue weighted by Crippen LogP contribution is 2.34. The molecule has 3 aromatic rings. The number of amides is 1. The molecule has 1 saturated heterocycles. The van der Waals surface area contributed by atoms with Crippen LogP contribution in [0.5, 0.6) is 11.5 Å². The Morgan fingerprint density at radius 1 is 1.10 bits per heavy atom. The number of carbonyl (C=O) groups is 1. The molecule has 0 aliphatic carbocycles. The Hall–Kier alpha value is -3.21. The maximum absolute atomic E-state index is 12.6. The molecule has 152 valence electrons. The van der Waals surface area contributed by atoms with Gasteiger partial charge in [-0.2, -0.15) is 4.98 Å². The van der Waals surface area contributed by atoms with Crippen molar-refractivity contribution in [3.63, 3.8) is 0 Å². The van der Waals surface area contributed by atoms with Crippen LogP contribution in [0.4, 0.5) is 11.8 Å². The molecule has 0 saturated carbocycles. The van der Waals surface area contributed by atoms with Gasteiger partial charge in [0.15, 0.2) is 17.2 Å². The number of nitrogens with two attached hydrogens (primary N) is 1. The lowest BCUT2D eigenvalue weighted by Crippen LogP contribution is -2.49. The molecule has 2 aromatic heterocycles. The summed E-state index contributed by atoms with van der Waals surface area (Å²) < 4.78 is 14.5. The van der Waals surface area contributed by atoms with E-state index in [9.17, 15) is 4.79 Å². The van der Waals surface area contributed by atoms with Gasteiger partial charge in [0.1, 0.15) is 5.82 Å². The van der Waals surface area contributed by atoms with Gasteiger partial charge in [-0.25, -0.2) is 4.98 Å². The highest BCUT2D eigenvalue weighted by Gasteiger charge is 2.26. The predicted molar refractivity (Wildman–Crippen MR) is 110 cm³/mol. The fraction of sp³-hybridized carbons (Fsp3) is 0.389. The van der Waals surface area contributed by atoms with Crippen molar-refractivity contribution in [3.8, 4) is 11.5 Å². The average molecular weight is 415 g/mol. The van der Waals surface area contributed by atoms with Crippen molar-refractivity contribution in [2.45, 2.75) is 6.92 Å². The van der Waals surface area contributed by atoms with Gasteiger partial charge in [-0.1, -0.05) is 4.49 Å². The van der Waals surface area contributed by atoms with Crippen LogP contribution in [0.25, 0.3) is 10.9 Å². The third-order valence-corrected chi connectivity index (χ3v) is 5.55. The van der Waals surface area contributed by atoms with Gasteiger partial charge >= 0.3 is 0 Å². The number of rotatable bonds is 4. The summed E-state index contributed by atoms with van der Waals surface area (Å²) >= 11 is 1.23. The summed E-state index contributed by atoms with van der Waals surface area (Å²) in [5.41, 5.74) is 7.28. The van der Waals surface area contributed by atoms with Crippen LogP contribution in [0, 0.1) is 6.92 Å². The molecule has 0 radical (unpaired) electrons. The number of hydrogen-bond acceptors (Lipinski definition) is 10. The number of aromatic nitrogens is 4. The maximum Gasteiger partial charge on any atom is 0.275 e. The largest absolute Gasteiger partial charge is 0.493 e. The summed E-state index contributed by atoms with van der Waals surface area (Å²) in [6.07, 6.45) is 0. The molecule has 10 nitrogen and oxygen atoms in total. The number of piperazine rings is 1. The zero-order valence-electron chi connectivity index (χ0n) is 16.4. The van der Waals surface area contributed by atoms with Crippen LogP contribution in [0.1, 0.15) is 15.4 Å². The lowest BCUT2D eigenvalue weighted by molar-refractivity contribution is 0.0739. The molecule has 0 atom stereocenters. The number of benzene rings is 1. The Labute approximate surface area is 171 Å². The SMILES string of the molecule is COc1cc2nc(N3CCN(C(=O)c4nnsc4C)CC3)nc(N)c2cc1OC. The van der Waals surface area contributed by atoms with Gasteiger partial charge in [-0.05, 0) is 24.5 Å². The first-order valence-electron chi connectivity index (χ1n) is 9.04. The van der Waals surface area contributed by atoms with Crippen molar-refractivity contribution >= 4 is 40.1 Å². The van der Waals surface area contributed by atoms with Crippen LogP contribution in [0.3, 0.4) is 0 Å². The molecule has 1 aliphatic heterocycles. The van der Waals surface area contributed by atoms with E-state index in [1.165, 1.54) is 11.5 Å². The second-order valence-electron chi connectivity index (χ2n) is 6.59. The summed E-state index contributed by atoms with van der Waals surface area (Å²) in [5.74, 6) is 1.95. The first kappa shape index (κ1) is 19.1. The maximum atomic E-state index is 12.6. The Balaban J connectivity index is 1.55. The van der Waals surface area contributed by atoms with E-state index in [0.717, 1.165) is 4.88 Å². The Morgan fingerprint density at radius 3 is 2.41 bits per heavy atom. The highest BCUT2D eigenvalue weighted by molar-refractivity contribution is 7.05. The zero-order valence-corrected chi connectivity index (χ0v) is 17.2. The van der Waals surface area contributed by atoms with Gasteiger partial charge in [-0.3, -0.25) is 4.79 Å². The van der Waals surface area contributed by atoms with Crippen LogP contribution in [0.2, 0.25) is 0 Å². The third kappa shape index (κ3) is 3.48. The third-order valence-electron chi connectivity index (χ3n) is 4.92. The number of methoxy groups -OCH3 is 2. The monoisotopic (exact) mass is 415 g/mol. The molecule has 1 aromatic carbocycles. The van der Waals surface area contributed by atoms with Crippen molar-refractivity contribution in [1.29, 1.82) is 0 Å². The van der Waals surface area contributed by atoms with Gasteiger partial charge < -0.3 is 25.0 Å². The van der Waals surface area contributed by atoms with Crippen LogP contribution < -0.4 is 20.1 Å². The molecule has 11 heteroatoms. The summed E-state index contributed by atoms with van der Waals surface area (Å²) in [5, 5.41) is 4.65. The van der Waals surface area contributed by atoms with Crippen molar-refractivity contribution in [3.05, 3.63) is 22.7 Å². The fourth-order valence-corrected chi connectivity index (χ4v) is 3.76. The van der Waals surface area contributed by atoms with E-state index in [1.807, 2.05) is 11.8 Å². The van der Waals surface area contributed by atoms with E-state index in [0.29, 0.717) is 66.0 Å². The summed E-state index contributed by atoms with van der Waals surface area (Å²) in [6, 6.07) is 3.56. The molecule has 3 heterocycles. The Bertz CT molecular complexity index is 1060. The minimum atomic E-state index is -0.0910. The topological polar surface area (TPSA) is 120 Å². The molecule has 0 unspecified atom stereocenters. The summed E-state index contributed by atoms with van der Waals surface area (Å²) in [4.78, 5) is 26.4. The lowest BCUT2D eigenvalue weighted by Gasteiger charge is -2.34. The zero-order chi connectivity index (χ0) is 20.5. The number of anilines is 2. The average Bonchev–Trinajstić information content (AvgIpc) is 3.18. The van der Waals surface area contributed by atoms with E-state index in [2.05, 4.69) is 19.6 Å². The minimum Gasteiger partial charge on any atom is -0.493 e. The number of ether oxygens (including phenoxy) is 2. The number of nitrogen functional groups attached to an aromatic ring is 1. The first-order valence-corrected chi connectivity index (χ1v) is 9.81. The number of carbonyl (C=O) groups excluding carboxylic acids is 1. The minimum absolute atomic E-state index is 0.0910. The van der Waals surface area contributed by atoms with Gasteiger partial charge in [0.25, 0.3) is 5.91 Å². The predicted octanol–water partition coefficient (Wildman–Crippen LogP) is 1.35. The van der Waals surface area contributed by atoms with E-state index in [4.69, 9.17) is 15.2 Å². The second-order valence-corrected chi connectivity index (χ2v) is 7.55. The molecular weight excluding hydrogens is 394 g/mol. The number of hydrogen-bond donors (Lipinski definition) is 1. The van der Waals surface area contributed by atoms with Gasteiger partial charge in [-0.15, -0.1) is 5.10 Å². The standard InChI is InChI=1S/C18H21N7O3S/c1-10-15(22-23-29-10)17(26)24-4-6-25(7-5-24)18-20-12-9-14(28-3)13(27-2)8-11(12)16(19)21-18/h8-9H,4-7H2,1-3H3,(H2,19,20,21). The van der Waals surface area contributed by atoms with Crippen molar-refractivity contribution in [1.82, 2.24) is 24.5 Å². The molecule has 0 bridgehead atoms. The highest BCUT2D eigenvalue weighted by atomic mass is 32.1. The fourth-order valence-electron chi connectivity index (χ4n) is 3.30. The van der Waals surface area contributed by atoms with Gasteiger partial charge in [0.2, 0.25) is 5.95 Å². The lowest BCUT2D eigenvalue weighted by atomic mass is 10.2. The van der Waals surface area contributed by atoms with E-state index < -0.39 is 0 Å². The van der Waals surface area contributed by atoms with E-state index in [1.54, 1.807) is 31.3 Å². The molecule has 2 N–H and O–H groups in total. The van der Waals surface area contributed by atoms with Crippen molar-refractivity contribution in [2.75, 3.05) is 51.0 Å². The Kier molecular flexibility index (Phi) is 5.05. The van der Waals surface area contributed by atoms with Gasteiger partial charge in [0.05, 0.1) is 24.6 Å². The number of fused-ring (bicyclic) bond motifs is 1.